The number of aromatic nitrogens is 4. The summed E-state index contributed by atoms with van der Waals surface area (Å²) in [5.74, 6) is -0.526. The van der Waals surface area contributed by atoms with Crippen LogP contribution in [0.1, 0.15) is 13.3 Å². The lowest BCUT2D eigenvalue weighted by molar-refractivity contribution is 0.287. The van der Waals surface area contributed by atoms with Gasteiger partial charge in [-0.2, -0.15) is 0 Å². The number of hydrogen-bond acceptors (Lipinski definition) is 9. The van der Waals surface area contributed by atoms with Crippen molar-refractivity contribution in [2.75, 3.05) is 12.3 Å². The SMILES string of the molecule is CC(CCO)S(=O)(=O)c1ccc(-c2cnc(N)c(-c3nnc(-c4ccccc4F)o3)n2)cc1. The molecule has 11 heteroatoms. The molecule has 0 aliphatic rings. The molecule has 0 aliphatic carbocycles. The molecule has 0 radical (unpaired) electrons. The summed E-state index contributed by atoms with van der Waals surface area (Å²) in [6, 6.07) is 12.1. The Morgan fingerprint density at radius 3 is 2.48 bits per heavy atom. The van der Waals surface area contributed by atoms with Crippen molar-refractivity contribution in [3.8, 4) is 34.3 Å². The predicted octanol–water partition coefficient (Wildman–Crippen LogP) is 3.13. The van der Waals surface area contributed by atoms with E-state index in [1.807, 2.05) is 0 Å². The summed E-state index contributed by atoms with van der Waals surface area (Å²) in [7, 11) is -3.57. The number of sulfone groups is 1. The Balaban J connectivity index is 1.66. The second kappa shape index (κ2) is 9.04. The van der Waals surface area contributed by atoms with Crippen molar-refractivity contribution in [1.29, 1.82) is 0 Å². The molecule has 1 atom stereocenters. The molecule has 0 aliphatic heterocycles. The molecule has 1 unspecified atom stereocenters. The van der Waals surface area contributed by atoms with Crippen molar-refractivity contribution >= 4 is 15.7 Å². The second-order valence-corrected chi connectivity index (χ2v) is 9.64. The van der Waals surface area contributed by atoms with E-state index < -0.39 is 20.9 Å². The number of anilines is 1. The molecular formula is C22H20FN5O4S. The third kappa shape index (κ3) is 4.45. The highest BCUT2D eigenvalue weighted by Crippen LogP contribution is 2.29. The molecule has 9 nitrogen and oxygen atoms in total. The largest absolute Gasteiger partial charge is 0.414 e. The number of aliphatic hydroxyl groups is 1. The van der Waals surface area contributed by atoms with Crippen LogP contribution in [-0.4, -0.2) is 45.5 Å². The zero-order chi connectivity index (χ0) is 23.6. The second-order valence-electron chi connectivity index (χ2n) is 7.27. The Labute approximate surface area is 189 Å². The molecule has 3 N–H and O–H groups in total. The Morgan fingerprint density at radius 2 is 1.79 bits per heavy atom. The number of rotatable bonds is 7. The molecule has 2 aromatic carbocycles. The number of nitrogens with two attached hydrogens (primary N) is 1. The van der Waals surface area contributed by atoms with E-state index in [4.69, 9.17) is 15.3 Å². The van der Waals surface area contributed by atoms with E-state index >= 15 is 0 Å². The van der Waals surface area contributed by atoms with Crippen LogP contribution in [0.5, 0.6) is 0 Å². The lowest BCUT2D eigenvalue weighted by Gasteiger charge is -2.12. The number of nitrogens with zero attached hydrogens (tertiary/aromatic N) is 4. The third-order valence-corrected chi connectivity index (χ3v) is 7.30. The molecule has 33 heavy (non-hydrogen) atoms. The maximum absolute atomic E-state index is 14.0. The van der Waals surface area contributed by atoms with Gasteiger partial charge in [0.2, 0.25) is 0 Å². The van der Waals surface area contributed by atoms with Crippen LogP contribution in [0.4, 0.5) is 10.2 Å². The van der Waals surface area contributed by atoms with Crippen LogP contribution in [0, 0.1) is 5.82 Å². The number of halogens is 1. The van der Waals surface area contributed by atoms with E-state index in [1.54, 1.807) is 31.2 Å². The van der Waals surface area contributed by atoms with Crippen LogP contribution >= 0.6 is 0 Å². The van der Waals surface area contributed by atoms with Gasteiger partial charge >= 0.3 is 0 Å². The standard InChI is InChI=1S/C22H20FN5O4S/c1-13(10-11-29)33(30,31)15-8-6-14(7-9-15)18-12-25-20(24)19(26-18)22-28-27-21(32-22)16-4-2-3-5-17(16)23/h2-9,12-13,29H,10-11H2,1H3,(H2,24,25). The fourth-order valence-corrected chi connectivity index (χ4v) is 4.54. The van der Waals surface area contributed by atoms with Crippen molar-refractivity contribution in [3.05, 3.63) is 60.5 Å². The Hall–Kier alpha value is -3.70. The summed E-state index contributed by atoms with van der Waals surface area (Å²) >= 11 is 0. The molecule has 0 amide bonds. The van der Waals surface area contributed by atoms with Crippen LogP contribution in [0.15, 0.2) is 64.0 Å². The summed E-state index contributed by atoms with van der Waals surface area (Å²) < 4.78 is 44.8. The van der Waals surface area contributed by atoms with Crippen LogP contribution in [0.25, 0.3) is 34.3 Å². The minimum atomic E-state index is -3.57. The van der Waals surface area contributed by atoms with Gasteiger partial charge in [0, 0.05) is 12.2 Å². The third-order valence-electron chi connectivity index (χ3n) is 5.08. The molecule has 2 aromatic heterocycles. The van der Waals surface area contributed by atoms with Gasteiger partial charge in [0.1, 0.15) is 5.82 Å². The van der Waals surface area contributed by atoms with Crippen LogP contribution in [0.3, 0.4) is 0 Å². The molecule has 170 valence electrons. The average molecular weight is 469 g/mol. The van der Waals surface area contributed by atoms with E-state index in [9.17, 15) is 12.8 Å². The number of hydrogen-bond donors (Lipinski definition) is 2. The smallest absolute Gasteiger partial charge is 0.270 e. The van der Waals surface area contributed by atoms with E-state index in [2.05, 4.69) is 20.2 Å². The molecule has 0 fully saturated rings. The van der Waals surface area contributed by atoms with Gasteiger partial charge in [-0.15, -0.1) is 10.2 Å². The number of benzene rings is 2. The topological polar surface area (TPSA) is 145 Å². The quantitative estimate of drug-likeness (QED) is 0.417. The molecule has 0 saturated heterocycles. The van der Waals surface area contributed by atoms with Gasteiger partial charge in [0.15, 0.2) is 21.3 Å². The van der Waals surface area contributed by atoms with E-state index in [-0.39, 0.29) is 46.8 Å². The first-order chi connectivity index (χ1) is 15.8. The fraction of sp³-hybridized carbons (Fsp3) is 0.182. The molecule has 2 heterocycles. The summed E-state index contributed by atoms with van der Waals surface area (Å²) in [5, 5.41) is 16.1. The highest BCUT2D eigenvalue weighted by molar-refractivity contribution is 7.92. The fourth-order valence-electron chi connectivity index (χ4n) is 3.14. The van der Waals surface area contributed by atoms with Gasteiger partial charge < -0.3 is 15.3 Å². The summed E-state index contributed by atoms with van der Waals surface area (Å²) in [4.78, 5) is 8.70. The van der Waals surface area contributed by atoms with E-state index in [1.165, 1.54) is 30.5 Å². The summed E-state index contributed by atoms with van der Waals surface area (Å²) in [5.41, 5.74) is 7.20. The highest BCUT2D eigenvalue weighted by atomic mass is 32.2. The van der Waals surface area contributed by atoms with Gasteiger partial charge in [0.05, 0.1) is 27.6 Å². The van der Waals surface area contributed by atoms with Gasteiger partial charge in [-0.1, -0.05) is 24.3 Å². The summed E-state index contributed by atoms with van der Waals surface area (Å²) in [6.07, 6.45) is 1.58. The van der Waals surface area contributed by atoms with Gasteiger partial charge in [-0.3, -0.25) is 0 Å². The molecule has 4 rings (SSSR count). The van der Waals surface area contributed by atoms with Crippen molar-refractivity contribution in [2.45, 2.75) is 23.5 Å². The normalized spacial score (nSPS) is 12.6. The molecule has 0 bridgehead atoms. The van der Waals surface area contributed by atoms with Crippen LogP contribution in [-0.2, 0) is 9.84 Å². The van der Waals surface area contributed by atoms with Gasteiger partial charge in [0.25, 0.3) is 11.8 Å². The maximum Gasteiger partial charge on any atom is 0.270 e. The first-order valence-corrected chi connectivity index (χ1v) is 11.5. The van der Waals surface area contributed by atoms with Gasteiger partial charge in [-0.05, 0) is 37.6 Å². The zero-order valence-electron chi connectivity index (χ0n) is 17.5. The lowest BCUT2D eigenvalue weighted by Crippen LogP contribution is -2.19. The van der Waals surface area contributed by atoms with Crippen molar-refractivity contribution in [3.63, 3.8) is 0 Å². The van der Waals surface area contributed by atoms with E-state index in [0.717, 1.165) is 0 Å². The Kier molecular flexibility index (Phi) is 6.16. The first kappa shape index (κ1) is 22.5. The molecule has 0 saturated carbocycles. The monoisotopic (exact) mass is 469 g/mol. The number of aliphatic hydroxyl groups excluding tert-OH is 1. The minimum absolute atomic E-state index is 0.0266. The Bertz CT molecular complexity index is 1390. The predicted molar refractivity (Wildman–Crippen MR) is 119 cm³/mol. The number of nitrogen functional groups attached to an aromatic ring is 1. The van der Waals surface area contributed by atoms with Crippen molar-refractivity contribution in [2.24, 2.45) is 0 Å². The minimum Gasteiger partial charge on any atom is -0.414 e. The average Bonchev–Trinajstić information content (AvgIpc) is 3.30. The zero-order valence-corrected chi connectivity index (χ0v) is 18.3. The van der Waals surface area contributed by atoms with Crippen LogP contribution in [0.2, 0.25) is 0 Å². The highest BCUT2D eigenvalue weighted by Gasteiger charge is 2.23. The van der Waals surface area contributed by atoms with Crippen molar-refractivity contribution < 1.29 is 22.3 Å². The van der Waals surface area contributed by atoms with Gasteiger partial charge in [-0.25, -0.2) is 22.8 Å². The Morgan fingerprint density at radius 1 is 1.09 bits per heavy atom. The molecular weight excluding hydrogens is 449 g/mol. The molecule has 4 aromatic rings. The lowest BCUT2D eigenvalue weighted by atomic mass is 10.1. The molecule has 0 spiro atoms. The summed E-state index contributed by atoms with van der Waals surface area (Å²) in [6.45, 7) is 1.34. The van der Waals surface area contributed by atoms with E-state index in [0.29, 0.717) is 11.3 Å². The van der Waals surface area contributed by atoms with Crippen molar-refractivity contribution in [1.82, 2.24) is 20.2 Å². The maximum atomic E-state index is 14.0. The first-order valence-electron chi connectivity index (χ1n) is 9.97. The van der Waals surface area contributed by atoms with Crippen LogP contribution < -0.4 is 5.73 Å².